The SMILES string of the molecule is CCOC(=O)c1c(NC(=O)C[NH2+]C2CCCCC2)sc2c1CCCC2. The lowest BCUT2D eigenvalue weighted by Crippen LogP contribution is -2.91. The van der Waals surface area contributed by atoms with E-state index in [4.69, 9.17) is 4.74 Å². The summed E-state index contributed by atoms with van der Waals surface area (Å²) < 4.78 is 5.24. The van der Waals surface area contributed by atoms with Crippen LogP contribution < -0.4 is 10.6 Å². The van der Waals surface area contributed by atoms with Gasteiger partial charge in [0.25, 0.3) is 5.91 Å². The number of quaternary nitrogens is 1. The van der Waals surface area contributed by atoms with Gasteiger partial charge < -0.3 is 15.4 Å². The van der Waals surface area contributed by atoms with Crippen molar-refractivity contribution in [3.63, 3.8) is 0 Å². The number of nitrogens with one attached hydrogen (secondary N) is 1. The van der Waals surface area contributed by atoms with Crippen LogP contribution in [0, 0.1) is 0 Å². The Labute approximate surface area is 153 Å². The van der Waals surface area contributed by atoms with Crippen molar-refractivity contribution in [1.82, 2.24) is 0 Å². The van der Waals surface area contributed by atoms with Crippen molar-refractivity contribution in [2.45, 2.75) is 70.8 Å². The van der Waals surface area contributed by atoms with Crippen molar-refractivity contribution in [1.29, 1.82) is 0 Å². The number of carbonyl (C=O) groups excluding carboxylic acids is 2. The Hall–Kier alpha value is -1.40. The lowest BCUT2D eigenvalue weighted by molar-refractivity contribution is -0.681. The number of ether oxygens (including phenoxy) is 1. The Morgan fingerprint density at radius 3 is 2.68 bits per heavy atom. The second-order valence-corrected chi connectivity index (χ2v) is 8.13. The van der Waals surface area contributed by atoms with Crippen LogP contribution >= 0.6 is 11.3 Å². The van der Waals surface area contributed by atoms with E-state index in [0.717, 1.165) is 31.2 Å². The molecule has 5 nitrogen and oxygen atoms in total. The largest absolute Gasteiger partial charge is 0.462 e. The normalized spacial score (nSPS) is 17.8. The molecule has 0 spiro atoms. The molecule has 0 aromatic carbocycles. The van der Waals surface area contributed by atoms with E-state index in [2.05, 4.69) is 10.6 Å². The quantitative estimate of drug-likeness (QED) is 0.761. The molecule has 0 atom stereocenters. The highest BCUT2D eigenvalue weighted by Crippen LogP contribution is 2.38. The molecular weight excluding hydrogens is 336 g/mol. The van der Waals surface area contributed by atoms with Gasteiger partial charge in [0.15, 0.2) is 6.54 Å². The van der Waals surface area contributed by atoms with Crippen molar-refractivity contribution in [2.75, 3.05) is 18.5 Å². The van der Waals surface area contributed by atoms with Gasteiger partial charge in [-0.05, 0) is 63.9 Å². The van der Waals surface area contributed by atoms with Crippen LogP contribution in [0.5, 0.6) is 0 Å². The fraction of sp³-hybridized carbons (Fsp3) is 0.684. The van der Waals surface area contributed by atoms with E-state index in [-0.39, 0.29) is 11.9 Å². The average molecular weight is 366 g/mol. The summed E-state index contributed by atoms with van der Waals surface area (Å²) in [4.78, 5) is 26.1. The number of carbonyl (C=O) groups is 2. The van der Waals surface area contributed by atoms with Crippen molar-refractivity contribution < 1.29 is 19.6 Å². The average Bonchev–Trinajstić information content (AvgIpc) is 2.99. The van der Waals surface area contributed by atoms with E-state index >= 15 is 0 Å². The van der Waals surface area contributed by atoms with Crippen molar-refractivity contribution in [3.8, 4) is 0 Å². The number of hydrogen-bond donors (Lipinski definition) is 2. The second-order valence-electron chi connectivity index (χ2n) is 7.02. The smallest absolute Gasteiger partial charge is 0.341 e. The fourth-order valence-corrected chi connectivity index (χ4v) is 5.19. The molecule has 1 amide bonds. The number of nitrogens with two attached hydrogens (primary N) is 1. The molecule has 0 radical (unpaired) electrons. The van der Waals surface area contributed by atoms with Crippen LogP contribution in [0.15, 0.2) is 0 Å². The number of hydrogen-bond acceptors (Lipinski definition) is 4. The van der Waals surface area contributed by atoms with Gasteiger partial charge >= 0.3 is 5.97 Å². The van der Waals surface area contributed by atoms with Gasteiger partial charge in [-0.25, -0.2) is 4.79 Å². The second kappa shape index (κ2) is 8.81. The zero-order valence-corrected chi connectivity index (χ0v) is 15.9. The van der Waals surface area contributed by atoms with E-state index in [1.165, 1.54) is 37.0 Å². The molecule has 2 aliphatic rings. The first-order valence-corrected chi connectivity index (χ1v) is 10.5. The molecule has 1 aromatic heterocycles. The predicted octanol–water partition coefficient (Wildman–Crippen LogP) is 2.64. The molecule has 25 heavy (non-hydrogen) atoms. The number of thiophene rings is 1. The Morgan fingerprint density at radius 1 is 1.16 bits per heavy atom. The van der Waals surface area contributed by atoms with Gasteiger partial charge in [-0.2, -0.15) is 0 Å². The lowest BCUT2D eigenvalue weighted by atomic mass is 9.95. The molecule has 0 aliphatic heterocycles. The fourth-order valence-electron chi connectivity index (χ4n) is 3.89. The molecular formula is C19H29N2O3S+. The highest BCUT2D eigenvalue weighted by atomic mass is 32.1. The predicted molar refractivity (Wildman–Crippen MR) is 99.2 cm³/mol. The number of aryl methyl sites for hydroxylation is 1. The van der Waals surface area contributed by atoms with Crippen molar-refractivity contribution in [3.05, 3.63) is 16.0 Å². The van der Waals surface area contributed by atoms with Gasteiger partial charge in [0.1, 0.15) is 5.00 Å². The molecule has 2 aliphatic carbocycles. The van der Waals surface area contributed by atoms with Gasteiger partial charge in [0, 0.05) is 4.88 Å². The number of fused-ring (bicyclic) bond motifs is 1. The summed E-state index contributed by atoms with van der Waals surface area (Å²) in [7, 11) is 0. The Balaban J connectivity index is 1.67. The summed E-state index contributed by atoms with van der Waals surface area (Å²) in [5.41, 5.74) is 1.70. The van der Waals surface area contributed by atoms with Crippen LogP contribution in [0.4, 0.5) is 5.00 Å². The molecule has 1 heterocycles. The molecule has 0 bridgehead atoms. The van der Waals surface area contributed by atoms with Gasteiger partial charge in [0.2, 0.25) is 0 Å². The van der Waals surface area contributed by atoms with Gasteiger partial charge in [-0.15, -0.1) is 11.3 Å². The summed E-state index contributed by atoms with van der Waals surface area (Å²) in [5, 5.41) is 5.84. The maximum absolute atomic E-state index is 12.4. The molecule has 3 N–H and O–H groups in total. The molecule has 0 saturated heterocycles. The summed E-state index contributed by atoms with van der Waals surface area (Å²) in [6.07, 6.45) is 10.4. The van der Waals surface area contributed by atoms with E-state index in [9.17, 15) is 9.59 Å². The Kier molecular flexibility index (Phi) is 6.48. The minimum absolute atomic E-state index is 0.0188. The van der Waals surface area contributed by atoms with Crippen LogP contribution in [0.3, 0.4) is 0 Å². The zero-order chi connectivity index (χ0) is 17.6. The third-order valence-corrected chi connectivity index (χ3v) is 6.40. The number of rotatable bonds is 6. The molecule has 0 unspecified atom stereocenters. The van der Waals surface area contributed by atoms with Gasteiger partial charge in [0.05, 0.1) is 18.2 Å². The molecule has 138 valence electrons. The van der Waals surface area contributed by atoms with Crippen LogP contribution in [-0.4, -0.2) is 31.1 Å². The molecule has 6 heteroatoms. The molecule has 1 aromatic rings. The van der Waals surface area contributed by atoms with Crippen LogP contribution in [0.2, 0.25) is 0 Å². The molecule has 1 fully saturated rings. The Bertz CT molecular complexity index is 620. The summed E-state index contributed by atoms with van der Waals surface area (Å²) in [6.45, 7) is 2.59. The standard InChI is InChI=1S/C19H28N2O3S/c1-2-24-19(23)17-14-10-6-7-11-15(14)25-18(17)21-16(22)12-20-13-8-4-3-5-9-13/h13,20H,2-12H2,1H3,(H,21,22)/p+1. The monoisotopic (exact) mass is 365 g/mol. The minimum atomic E-state index is -0.298. The van der Waals surface area contributed by atoms with E-state index in [1.807, 2.05) is 6.92 Å². The summed E-state index contributed by atoms with van der Waals surface area (Å²) >= 11 is 1.56. The maximum atomic E-state index is 12.4. The van der Waals surface area contributed by atoms with Gasteiger partial charge in [-0.1, -0.05) is 6.42 Å². The van der Waals surface area contributed by atoms with Gasteiger partial charge in [-0.3, -0.25) is 4.79 Å². The van der Waals surface area contributed by atoms with Crippen LogP contribution in [0.25, 0.3) is 0 Å². The number of amides is 1. The third kappa shape index (κ3) is 4.61. The van der Waals surface area contributed by atoms with Crippen molar-refractivity contribution in [2.24, 2.45) is 0 Å². The van der Waals surface area contributed by atoms with Crippen LogP contribution in [-0.2, 0) is 22.4 Å². The summed E-state index contributed by atoms with van der Waals surface area (Å²) in [6, 6.07) is 0.570. The maximum Gasteiger partial charge on any atom is 0.341 e. The first-order chi connectivity index (χ1) is 12.2. The first kappa shape index (κ1) is 18.4. The molecule has 3 rings (SSSR count). The van der Waals surface area contributed by atoms with E-state index in [0.29, 0.717) is 29.8 Å². The number of anilines is 1. The zero-order valence-electron chi connectivity index (χ0n) is 15.1. The van der Waals surface area contributed by atoms with E-state index < -0.39 is 0 Å². The Morgan fingerprint density at radius 2 is 1.92 bits per heavy atom. The van der Waals surface area contributed by atoms with Crippen LogP contribution in [0.1, 0.15) is 72.7 Å². The van der Waals surface area contributed by atoms with E-state index in [1.54, 1.807) is 11.3 Å². The number of esters is 1. The minimum Gasteiger partial charge on any atom is -0.462 e. The first-order valence-electron chi connectivity index (χ1n) is 9.64. The highest BCUT2D eigenvalue weighted by molar-refractivity contribution is 7.17. The van der Waals surface area contributed by atoms with Crippen molar-refractivity contribution >= 4 is 28.2 Å². The third-order valence-electron chi connectivity index (χ3n) is 5.19. The molecule has 1 saturated carbocycles. The topological polar surface area (TPSA) is 72.0 Å². The summed E-state index contributed by atoms with van der Waals surface area (Å²) in [5.74, 6) is -0.317. The highest BCUT2D eigenvalue weighted by Gasteiger charge is 2.27. The lowest BCUT2D eigenvalue weighted by Gasteiger charge is -2.19.